The average Bonchev–Trinajstić information content (AvgIpc) is 3.46. The van der Waals surface area contributed by atoms with Gasteiger partial charge < -0.3 is 11.1 Å². The summed E-state index contributed by atoms with van der Waals surface area (Å²) in [6, 6.07) is 16.1. The van der Waals surface area contributed by atoms with E-state index in [0.717, 1.165) is 29.7 Å². The van der Waals surface area contributed by atoms with Gasteiger partial charge in [-0.05, 0) is 50.3 Å². The minimum atomic E-state index is -0.131. The van der Waals surface area contributed by atoms with Crippen molar-refractivity contribution in [2.45, 2.75) is 32.7 Å². The van der Waals surface area contributed by atoms with Crippen LogP contribution < -0.4 is 11.1 Å². The Morgan fingerprint density at radius 2 is 1.93 bits per heavy atom. The second-order valence-electron chi connectivity index (χ2n) is 7.70. The lowest BCUT2D eigenvalue weighted by Crippen LogP contribution is -2.38. The second kappa shape index (κ2) is 8.80. The first kappa shape index (κ1) is 21.1. The van der Waals surface area contributed by atoms with Crippen molar-refractivity contribution in [3.8, 4) is 16.9 Å². The van der Waals surface area contributed by atoms with Crippen molar-refractivity contribution in [3.63, 3.8) is 0 Å². The molecule has 5 nitrogen and oxygen atoms in total. The lowest BCUT2D eigenvalue weighted by molar-refractivity contribution is 0.0951. The van der Waals surface area contributed by atoms with Gasteiger partial charge in [-0.25, -0.2) is 4.68 Å². The molecule has 3 aromatic rings. The molecular formula is C23H27ClN4O. The van der Waals surface area contributed by atoms with Gasteiger partial charge >= 0.3 is 0 Å². The molecule has 0 spiro atoms. The Labute approximate surface area is 177 Å². The Kier molecular flexibility index (Phi) is 6.40. The van der Waals surface area contributed by atoms with E-state index in [0.29, 0.717) is 23.7 Å². The predicted molar refractivity (Wildman–Crippen MR) is 119 cm³/mol. The zero-order valence-corrected chi connectivity index (χ0v) is 17.6. The number of rotatable bonds is 6. The van der Waals surface area contributed by atoms with Gasteiger partial charge in [0.25, 0.3) is 5.91 Å². The minimum absolute atomic E-state index is 0. The van der Waals surface area contributed by atoms with Gasteiger partial charge in [0.1, 0.15) is 5.69 Å². The molecule has 4 rings (SSSR count). The van der Waals surface area contributed by atoms with E-state index >= 15 is 0 Å². The average molecular weight is 411 g/mol. The number of hydrogen-bond acceptors (Lipinski definition) is 3. The highest BCUT2D eigenvalue weighted by Crippen LogP contribution is 2.31. The molecule has 1 fully saturated rings. The van der Waals surface area contributed by atoms with E-state index < -0.39 is 0 Å². The lowest BCUT2D eigenvalue weighted by Gasteiger charge is -2.12. The van der Waals surface area contributed by atoms with Gasteiger partial charge in [0.2, 0.25) is 0 Å². The maximum Gasteiger partial charge on any atom is 0.255 e. The molecule has 0 aliphatic heterocycles. The quantitative estimate of drug-likeness (QED) is 0.644. The fourth-order valence-electron chi connectivity index (χ4n) is 3.53. The minimum Gasteiger partial charge on any atom is -0.350 e. The van der Waals surface area contributed by atoms with E-state index in [2.05, 4.69) is 31.3 Å². The van der Waals surface area contributed by atoms with Crippen molar-refractivity contribution in [1.82, 2.24) is 15.1 Å². The van der Waals surface area contributed by atoms with Crippen molar-refractivity contribution in [3.05, 3.63) is 71.4 Å². The summed E-state index contributed by atoms with van der Waals surface area (Å²) >= 11 is 0. The van der Waals surface area contributed by atoms with Gasteiger partial charge in [-0.1, -0.05) is 42.0 Å². The van der Waals surface area contributed by atoms with Crippen LogP contribution >= 0.6 is 12.4 Å². The molecule has 2 aromatic carbocycles. The Morgan fingerprint density at radius 3 is 2.59 bits per heavy atom. The highest BCUT2D eigenvalue weighted by Gasteiger charge is 2.29. The molecule has 0 saturated heterocycles. The first-order valence-electron chi connectivity index (χ1n) is 9.79. The van der Waals surface area contributed by atoms with Crippen LogP contribution in [0.2, 0.25) is 0 Å². The van der Waals surface area contributed by atoms with E-state index in [4.69, 9.17) is 10.8 Å². The number of hydrogen-bond donors (Lipinski definition) is 2. The maximum atomic E-state index is 13.0. The number of amides is 1. The summed E-state index contributed by atoms with van der Waals surface area (Å²) in [5, 5.41) is 7.77. The summed E-state index contributed by atoms with van der Waals surface area (Å²) < 4.78 is 1.77. The van der Waals surface area contributed by atoms with Crippen molar-refractivity contribution in [2.24, 2.45) is 11.7 Å². The van der Waals surface area contributed by atoms with Crippen LogP contribution in [0.3, 0.4) is 0 Å². The van der Waals surface area contributed by atoms with Gasteiger partial charge in [0, 0.05) is 24.3 Å². The Bertz CT molecular complexity index is 995. The van der Waals surface area contributed by atoms with Gasteiger partial charge in [0.05, 0.1) is 11.3 Å². The van der Waals surface area contributed by atoms with Crippen LogP contribution in [-0.4, -0.2) is 28.3 Å². The van der Waals surface area contributed by atoms with Crippen LogP contribution in [0.1, 0.15) is 34.3 Å². The summed E-state index contributed by atoms with van der Waals surface area (Å²) in [6.45, 7) is 4.60. The lowest BCUT2D eigenvalue weighted by atomic mass is 10.0. The van der Waals surface area contributed by atoms with Crippen molar-refractivity contribution in [2.75, 3.05) is 6.54 Å². The number of carbonyl (C=O) groups is 1. The highest BCUT2D eigenvalue weighted by atomic mass is 35.5. The third-order valence-corrected chi connectivity index (χ3v) is 5.34. The summed E-state index contributed by atoms with van der Waals surface area (Å²) in [7, 11) is 0. The monoisotopic (exact) mass is 410 g/mol. The van der Waals surface area contributed by atoms with Crippen molar-refractivity contribution < 1.29 is 4.79 Å². The van der Waals surface area contributed by atoms with Crippen molar-refractivity contribution in [1.29, 1.82) is 0 Å². The van der Waals surface area contributed by atoms with Crippen LogP contribution in [0, 0.1) is 19.8 Å². The Balaban J connectivity index is 0.00000240. The molecule has 29 heavy (non-hydrogen) atoms. The topological polar surface area (TPSA) is 72.9 Å². The van der Waals surface area contributed by atoms with E-state index in [1.807, 2.05) is 42.6 Å². The van der Waals surface area contributed by atoms with Crippen molar-refractivity contribution >= 4 is 18.3 Å². The standard InChI is InChI=1S/C23H26N4O.ClH/c1-15-8-11-19(16(2)12-15)22-20(23(28)25-13-21(24)17-9-10-17)14-27(26-22)18-6-4-3-5-7-18;/h3-8,11-12,14,17,21H,9-10,13,24H2,1-2H3,(H,25,28);1H. The molecule has 6 heteroatoms. The zero-order chi connectivity index (χ0) is 19.7. The van der Waals surface area contributed by atoms with Crippen LogP contribution in [0.15, 0.2) is 54.7 Å². The summed E-state index contributed by atoms with van der Waals surface area (Å²) in [4.78, 5) is 13.0. The molecule has 1 aromatic heterocycles. The number of aryl methyl sites for hydroxylation is 2. The smallest absolute Gasteiger partial charge is 0.255 e. The molecule has 1 aliphatic carbocycles. The largest absolute Gasteiger partial charge is 0.350 e. The van der Waals surface area contributed by atoms with E-state index in [1.165, 1.54) is 5.56 Å². The number of halogens is 1. The van der Waals surface area contributed by atoms with Crippen LogP contribution in [0.25, 0.3) is 16.9 Å². The maximum absolute atomic E-state index is 13.0. The second-order valence-corrected chi connectivity index (χ2v) is 7.70. The summed E-state index contributed by atoms with van der Waals surface area (Å²) in [6.07, 6.45) is 4.13. The molecule has 3 N–H and O–H groups in total. The van der Waals surface area contributed by atoms with Gasteiger partial charge in [-0.3, -0.25) is 4.79 Å². The summed E-state index contributed by atoms with van der Waals surface area (Å²) in [5.41, 5.74) is 11.6. The molecule has 0 bridgehead atoms. The fourth-order valence-corrected chi connectivity index (χ4v) is 3.53. The van der Waals surface area contributed by atoms with Gasteiger partial charge in [-0.2, -0.15) is 5.10 Å². The Morgan fingerprint density at radius 1 is 1.21 bits per heavy atom. The number of nitrogens with one attached hydrogen (secondary N) is 1. The molecule has 152 valence electrons. The molecule has 1 aliphatic rings. The molecule has 1 atom stereocenters. The van der Waals surface area contributed by atoms with Crippen LogP contribution in [0.5, 0.6) is 0 Å². The first-order valence-corrected chi connectivity index (χ1v) is 9.79. The third-order valence-electron chi connectivity index (χ3n) is 5.34. The fraction of sp³-hybridized carbons (Fsp3) is 0.304. The number of nitrogens with zero attached hydrogens (tertiary/aromatic N) is 2. The third kappa shape index (κ3) is 4.69. The molecular weight excluding hydrogens is 384 g/mol. The van der Waals surface area contributed by atoms with E-state index in [9.17, 15) is 4.79 Å². The molecule has 1 saturated carbocycles. The molecule has 1 amide bonds. The normalized spacial score (nSPS) is 14.2. The predicted octanol–water partition coefficient (Wildman–Crippen LogP) is 4.05. The Hall–Kier alpha value is -2.63. The molecule has 1 unspecified atom stereocenters. The number of nitrogens with two attached hydrogens (primary N) is 1. The highest BCUT2D eigenvalue weighted by molar-refractivity contribution is 6.00. The first-order chi connectivity index (χ1) is 13.5. The van der Waals surface area contributed by atoms with Crippen LogP contribution in [0.4, 0.5) is 0 Å². The van der Waals surface area contributed by atoms with Crippen LogP contribution in [-0.2, 0) is 0 Å². The van der Waals surface area contributed by atoms with E-state index in [-0.39, 0.29) is 24.4 Å². The number of aromatic nitrogens is 2. The molecule has 1 heterocycles. The number of carbonyl (C=O) groups excluding carboxylic acids is 1. The number of para-hydroxylation sites is 1. The van der Waals surface area contributed by atoms with E-state index in [1.54, 1.807) is 4.68 Å². The number of benzene rings is 2. The summed E-state index contributed by atoms with van der Waals surface area (Å²) in [5.74, 6) is 0.416. The van der Waals surface area contributed by atoms with Gasteiger partial charge in [-0.15, -0.1) is 12.4 Å². The van der Waals surface area contributed by atoms with Gasteiger partial charge in [0.15, 0.2) is 0 Å². The molecule has 0 radical (unpaired) electrons. The zero-order valence-electron chi connectivity index (χ0n) is 16.8. The SMILES string of the molecule is Cc1ccc(-c2nn(-c3ccccc3)cc2C(=O)NCC(N)C2CC2)c(C)c1.Cl.